The SMILES string of the molecule is CCCCCC1(C(C)(C)C)C=C(n2nc3ccccc3n2)C(O)=C(C(C)(C)C)C1. The average Bonchev–Trinajstić information content (AvgIpc) is 3.05. The summed E-state index contributed by atoms with van der Waals surface area (Å²) in [5.41, 5.74) is 3.39. The van der Waals surface area contributed by atoms with Crippen LogP contribution in [-0.4, -0.2) is 20.1 Å². The van der Waals surface area contributed by atoms with E-state index in [0.29, 0.717) is 5.76 Å². The quantitative estimate of drug-likeness (QED) is 0.547. The third kappa shape index (κ3) is 4.12. The van der Waals surface area contributed by atoms with E-state index < -0.39 is 0 Å². The highest BCUT2D eigenvalue weighted by atomic mass is 16.3. The van der Waals surface area contributed by atoms with Gasteiger partial charge in [-0.3, -0.25) is 0 Å². The van der Waals surface area contributed by atoms with Gasteiger partial charge >= 0.3 is 0 Å². The summed E-state index contributed by atoms with van der Waals surface area (Å²) in [6.07, 6.45) is 7.86. The van der Waals surface area contributed by atoms with Gasteiger partial charge in [-0.2, -0.15) is 0 Å². The predicted octanol–water partition coefficient (Wildman–Crippen LogP) is 7.15. The molecule has 1 heterocycles. The number of unbranched alkanes of at least 4 members (excludes halogenated alkanes) is 2. The summed E-state index contributed by atoms with van der Waals surface area (Å²) < 4.78 is 0. The molecule has 4 heteroatoms. The smallest absolute Gasteiger partial charge is 0.142 e. The van der Waals surface area contributed by atoms with Crippen molar-refractivity contribution in [3.8, 4) is 0 Å². The van der Waals surface area contributed by atoms with Gasteiger partial charge in [-0.25, -0.2) is 0 Å². The maximum atomic E-state index is 11.3. The molecule has 3 rings (SSSR count). The Balaban J connectivity index is 2.20. The Kier molecular flexibility index (Phi) is 5.68. The molecule has 0 spiro atoms. The van der Waals surface area contributed by atoms with Crippen LogP contribution in [-0.2, 0) is 0 Å². The van der Waals surface area contributed by atoms with Crippen molar-refractivity contribution < 1.29 is 5.11 Å². The number of nitrogens with zero attached hydrogens (tertiary/aromatic N) is 3. The van der Waals surface area contributed by atoms with E-state index in [1.165, 1.54) is 19.3 Å². The molecule has 1 atom stereocenters. The number of fused-ring (bicyclic) bond motifs is 1. The molecule has 1 aromatic carbocycles. The predicted molar refractivity (Wildman–Crippen MR) is 122 cm³/mol. The molecule has 29 heavy (non-hydrogen) atoms. The molecular formula is C25H37N3O. The summed E-state index contributed by atoms with van der Waals surface area (Å²) in [6, 6.07) is 7.87. The first kappa shape index (κ1) is 21.6. The number of allylic oxidation sites excluding steroid dienone is 3. The van der Waals surface area contributed by atoms with E-state index in [-0.39, 0.29) is 16.2 Å². The number of hydrogen-bond acceptors (Lipinski definition) is 3. The van der Waals surface area contributed by atoms with E-state index in [2.05, 4.69) is 54.5 Å². The lowest BCUT2D eigenvalue weighted by Crippen LogP contribution is -2.39. The summed E-state index contributed by atoms with van der Waals surface area (Å²) in [5, 5.41) is 20.7. The van der Waals surface area contributed by atoms with Gasteiger partial charge in [0.1, 0.15) is 22.5 Å². The molecule has 0 radical (unpaired) electrons. The van der Waals surface area contributed by atoms with Crippen LogP contribution in [0.2, 0.25) is 0 Å². The lowest BCUT2D eigenvalue weighted by Gasteiger charge is -2.48. The third-order valence-corrected chi connectivity index (χ3v) is 6.56. The van der Waals surface area contributed by atoms with Crippen molar-refractivity contribution in [1.29, 1.82) is 0 Å². The van der Waals surface area contributed by atoms with Gasteiger partial charge in [-0.05, 0) is 52.9 Å². The molecule has 0 bridgehead atoms. The molecule has 0 saturated carbocycles. The topological polar surface area (TPSA) is 50.9 Å². The fourth-order valence-electron chi connectivity index (χ4n) is 4.38. The molecule has 1 aliphatic carbocycles. The number of rotatable bonds is 5. The zero-order chi connectivity index (χ0) is 21.4. The van der Waals surface area contributed by atoms with Gasteiger partial charge < -0.3 is 5.11 Å². The zero-order valence-electron chi connectivity index (χ0n) is 19.2. The van der Waals surface area contributed by atoms with Gasteiger partial charge in [-0.15, -0.1) is 15.0 Å². The van der Waals surface area contributed by atoms with Crippen molar-refractivity contribution in [3.63, 3.8) is 0 Å². The molecule has 158 valence electrons. The number of aliphatic hydroxyl groups excluding tert-OH is 1. The number of benzene rings is 1. The lowest BCUT2D eigenvalue weighted by atomic mass is 9.57. The van der Waals surface area contributed by atoms with Crippen molar-refractivity contribution in [2.75, 3.05) is 0 Å². The van der Waals surface area contributed by atoms with Crippen LogP contribution in [0.5, 0.6) is 0 Å². The molecule has 0 fully saturated rings. The van der Waals surface area contributed by atoms with Gasteiger partial charge in [0, 0.05) is 0 Å². The Hall–Kier alpha value is -2.10. The fourth-order valence-corrected chi connectivity index (χ4v) is 4.38. The lowest BCUT2D eigenvalue weighted by molar-refractivity contribution is 0.114. The van der Waals surface area contributed by atoms with Gasteiger partial charge in [-0.1, -0.05) is 79.9 Å². The van der Waals surface area contributed by atoms with Crippen molar-refractivity contribution in [1.82, 2.24) is 15.0 Å². The van der Waals surface area contributed by atoms with Crippen LogP contribution in [0, 0.1) is 16.2 Å². The van der Waals surface area contributed by atoms with Gasteiger partial charge in [0.2, 0.25) is 0 Å². The highest BCUT2D eigenvalue weighted by molar-refractivity contribution is 5.75. The third-order valence-electron chi connectivity index (χ3n) is 6.56. The molecule has 1 aliphatic rings. The summed E-state index contributed by atoms with van der Waals surface area (Å²) in [6.45, 7) is 15.8. The minimum atomic E-state index is -0.128. The van der Waals surface area contributed by atoms with E-state index in [4.69, 9.17) is 10.2 Å². The van der Waals surface area contributed by atoms with Crippen molar-refractivity contribution in [2.45, 2.75) is 80.6 Å². The maximum absolute atomic E-state index is 11.3. The molecular weight excluding hydrogens is 358 g/mol. The van der Waals surface area contributed by atoms with Gasteiger partial charge in [0.05, 0.1) is 0 Å². The largest absolute Gasteiger partial charge is 0.506 e. The standard InChI is InChI=1S/C25H37N3O/c1-8-9-12-15-25(24(5,6)7)16-18(23(2,3)4)22(29)21(17-25)28-26-19-13-10-11-14-20(19)27-28/h10-11,13-14,17,29H,8-9,12,15-16H2,1-7H3. The molecule has 1 N–H and O–H groups in total. The maximum Gasteiger partial charge on any atom is 0.142 e. The summed E-state index contributed by atoms with van der Waals surface area (Å²) >= 11 is 0. The summed E-state index contributed by atoms with van der Waals surface area (Å²) in [5.74, 6) is 0.341. The minimum absolute atomic E-state index is 0.0494. The van der Waals surface area contributed by atoms with Crippen LogP contribution >= 0.6 is 0 Å². The molecule has 2 aromatic rings. The Labute approximate surface area is 175 Å². The van der Waals surface area contributed by atoms with Crippen LogP contribution in [0.25, 0.3) is 16.7 Å². The molecule has 0 amide bonds. The molecule has 1 aromatic heterocycles. The molecule has 0 aliphatic heterocycles. The van der Waals surface area contributed by atoms with Crippen LogP contribution < -0.4 is 0 Å². The number of aromatic nitrogens is 3. The Morgan fingerprint density at radius 2 is 1.59 bits per heavy atom. The van der Waals surface area contributed by atoms with E-state index >= 15 is 0 Å². The van der Waals surface area contributed by atoms with Crippen LogP contribution in [0.1, 0.15) is 80.6 Å². The Morgan fingerprint density at radius 3 is 2.07 bits per heavy atom. The van der Waals surface area contributed by atoms with Crippen LogP contribution in [0.15, 0.2) is 41.7 Å². The first-order valence-electron chi connectivity index (χ1n) is 11.0. The molecule has 0 saturated heterocycles. The second-order valence-electron chi connectivity index (χ2n) is 10.6. The van der Waals surface area contributed by atoms with Crippen molar-refractivity contribution >= 4 is 16.7 Å². The summed E-state index contributed by atoms with van der Waals surface area (Å²) in [4.78, 5) is 1.64. The highest BCUT2D eigenvalue weighted by Gasteiger charge is 2.46. The highest BCUT2D eigenvalue weighted by Crippen LogP contribution is 2.55. The van der Waals surface area contributed by atoms with Crippen LogP contribution in [0.3, 0.4) is 0 Å². The second kappa shape index (κ2) is 7.62. The zero-order valence-corrected chi connectivity index (χ0v) is 19.2. The average molecular weight is 396 g/mol. The first-order chi connectivity index (χ1) is 13.5. The van der Waals surface area contributed by atoms with E-state index in [1.807, 2.05) is 24.3 Å². The van der Waals surface area contributed by atoms with Crippen molar-refractivity contribution in [2.24, 2.45) is 16.2 Å². The second-order valence-corrected chi connectivity index (χ2v) is 10.6. The van der Waals surface area contributed by atoms with E-state index in [1.54, 1.807) is 4.80 Å². The van der Waals surface area contributed by atoms with Gasteiger partial charge in [0.25, 0.3) is 0 Å². The minimum Gasteiger partial charge on any atom is -0.506 e. The Bertz CT molecular complexity index is 904. The van der Waals surface area contributed by atoms with Crippen molar-refractivity contribution in [3.05, 3.63) is 41.7 Å². The first-order valence-corrected chi connectivity index (χ1v) is 11.0. The monoisotopic (exact) mass is 395 g/mol. The van der Waals surface area contributed by atoms with Gasteiger partial charge in [0.15, 0.2) is 0 Å². The van der Waals surface area contributed by atoms with Crippen LogP contribution in [0.4, 0.5) is 0 Å². The van der Waals surface area contributed by atoms with E-state index in [0.717, 1.165) is 35.1 Å². The number of aliphatic hydroxyl groups is 1. The fraction of sp³-hybridized carbons (Fsp3) is 0.600. The molecule has 1 unspecified atom stereocenters. The normalized spacial score (nSPS) is 21.0. The van der Waals surface area contributed by atoms with E-state index in [9.17, 15) is 5.11 Å². The molecule has 4 nitrogen and oxygen atoms in total. The number of hydrogen-bond donors (Lipinski definition) is 1. The Morgan fingerprint density at radius 1 is 1.00 bits per heavy atom. The summed E-state index contributed by atoms with van der Waals surface area (Å²) in [7, 11) is 0.